The Morgan fingerprint density at radius 1 is 1.19 bits per heavy atom. The third kappa shape index (κ3) is 4.83. The molecule has 7 heteroatoms. The largest absolute Gasteiger partial charge is 0.471 e. The number of benzene rings is 1. The minimum atomic E-state index is -0.232. The number of nitrogens with zero attached hydrogens (tertiary/aromatic N) is 4. The number of anilines is 1. The van der Waals surface area contributed by atoms with Crippen LogP contribution in [0.15, 0.2) is 55.1 Å². The summed E-state index contributed by atoms with van der Waals surface area (Å²) < 4.78 is 8.98. The molecule has 0 fully saturated rings. The summed E-state index contributed by atoms with van der Waals surface area (Å²) in [6.07, 6.45) is 11.0. The molecule has 134 valence electrons. The lowest BCUT2D eigenvalue weighted by molar-refractivity contribution is -0.111. The molecule has 0 radical (unpaired) electrons. The number of rotatable bonds is 7. The van der Waals surface area contributed by atoms with Gasteiger partial charge in [-0.05, 0) is 30.2 Å². The van der Waals surface area contributed by atoms with Gasteiger partial charge in [0.05, 0.1) is 24.3 Å². The third-order valence-electron chi connectivity index (χ3n) is 3.75. The SMILES string of the molecule is CCc1ccc(OCn2cc(NC(=O)/C=C/c3cnn(C)c3)cn2)cc1. The van der Waals surface area contributed by atoms with E-state index >= 15 is 0 Å². The minimum Gasteiger partial charge on any atom is -0.471 e. The normalized spacial score (nSPS) is 11.0. The topological polar surface area (TPSA) is 74.0 Å². The first-order valence-electron chi connectivity index (χ1n) is 8.34. The van der Waals surface area contributed by atoms with Crippen molar-refractivity contribution in [1.82, 2.24) is 19.6 Å². The number of aryl methyl sites for hydroxylation is 2. The van der Waals surface area contributed by atoms with Crippen molar-refractivity contribution in [2.75, 3.05) is 5.32 Å². The standard InChI is InChI=1S/C19H21N5O2/c1-3-15-4-7-18(8-5-15)26-14-24-13-17(11-21-24)22-19(25)9-6-16-10-20-23(2)12-16/h4-13H,3,14H2,1-2H3,(H,22,25)/b9-6+. The second-order valence-electron chi connectivity index (χ2n) is 5.81. The number of hydrogen-bond donors (Lipinski definition) is 1. The highest BCUT2D eigenvalue weighted by atomic mass is 16.5. The maximum Gasteiger partial charge on any atom is 0.248 e. The third-order valence-corrected chi connectivity index (χ3v) is 3.75. The zero-order valence-corrected chi connectivity index (χ0v) is 14.8. The molecule has 0 saturated carbocycles. The molecule has 1 amide bonds. The molecule has 2 heterocycles. The van der Waals surface area contributed by atoms with E-state index in [9.17, 15) is 4.79 Å². The van der Waals surface area contributed by atoms with Crippen LogP contribution in [0.25, 0.3) is 6.08 Å². The van der Waals surface area contributed by atoms with Crippen LogP contribution in [-0.2, 0) is 25.0 Å². The molecule has 3 aromatic rings. The van der Waals surface area contributed by atoms with E-state index in [0.29, 0.717) is 5.69 Å². The fraction of sp³-hybridized carbons (Fsp3) is 0.211. The number of aromatic nitrogens is 4. The molecule has 0 saturated heterocycles. The lowest BCUT2D eigenvalue weighted by Gasteiger charge is -2.06. The summed E-state index contributed by atoms with van der Waals surface area (Å²) in [4.78, 5) is 11.9. The van der Waals surface area contributed by atoms with Crippen LogP contribution < -0.4 is 10.1 Å². The van der Waals surface area contributed by atoms with Gasteiger partial charge in [0, 0.05) is 24.9 Å². The van der Waals surface area contributed by atoms with E-state index in [1.165, 1.54) is 11.6 Å². The van der Waals surface area contributed by atoms with Gasteiger partial charge in [0.1, 0.15) is 5.75 Å². The average molecular weight is 351 g/mol. The molecule has 0 spiro atoms. The van der Waals surface area contributed by atoms with Gasteiger partial charge in [-0.15, -0.1) is 0 Å². The molecule has 3 rings (SSSR count). The van der Waals surface area contributed by atoms with Crippen LogP contribution in [0.4, 0.5) is 5.69 Å². The van der Waals surface area contributed by atoms with E-state index in [4.69, 9.17) is 4.74 Å². The summed E-state index contributed by atoms with van der Waals surface area (Å²) in [6, 6.07) is 7.96. The molecule has 0 aliphatic carbocycles. The van der Waals surface area contributed by atoms with Crippen molar-refractivity contribution in [1.29, 1.82) is 0 Å². The van der Waals surface area contributed by atoms with E-state index in [-0.39, 0.29) is 12.6 Å². The Bertz CT molecular complexity index is 893. The van der Waals surface area contributed by atoms with E-state index in [0.717, 1.165) is 17.7 Å². The fourth-order valence-electron chi connectivity index (χ4n) is 2.34. The van der Waals surface area contributed by atoms with Gasteiger partial charge in [-0.3, -0.25) is 9.48 Å². The van der Waals surface area contributed by atoms with Crippen molar-refractivity contribution in [3.8, 4) is 5.75 Å². The zero-order valence-electron chi connectivity index (χ0n) is 14.8. The van der Waals surface area contributed by atoms with Gasteiger partial charge >= 0.3 is 0 Å². The molecular formula is C19H21N5O2. The van der Waals surface area contributed by atoms with Gasteiger partial charge in [0.15, 0.2) is 6.73 Å². The van der Waals surface area contributed by atoms with Crippen molar-refractivity contribution in [2.45, 2.75) is 20.1 Å². The molecule has 1 N–H and O–H groups in total. The smallest absolute Gasteiger partial charge is 0.248 e. The van der Waals surface area contributed by atoms with E-state index in [1.54, 1.807) is 34.0 Å². The first kappa shape index (κ1) is 17.5. The number of hydrogen-bond acceptors (Lipinski definition) is 4. The van der Waals surface area contributed by atoms with Gasteiger partial charge in [-0.1, -0.05) is 19.1 Å². The number of amides is 1. The molecular weight excluding hydrogens is 330 g/mol. The molecule has 0 unspecified atom stereocenters. The zero-order chi connectivity index (χ0) is 18.4. The second-order valence-corrected chi connectivity index (χ2v) is 5.81. The van der Waals surface area contributed by atoms with Crippen LogP contribution in [0, 0.1) is 0 Å². The quantitative estimate of drug-likeness (QED) is 0.664. The summed E-state index contributed by atoms with van der Waals surface area (Å²) in [5.74, 6) is 0.548. The van der Waals surface area contributed by atoms with Crippen molar-refractivity contribution in [3.05, 3.63) is 66.3 Å². The van der Waals surface area contributed by atoms with Crippen LogP contribution in [0.5, 0.6) is 5.75 Å². The molecule has 1 aromatic carbocycles. The van der Waals surface area contributed by atoms with Crippen molar-refractivity contribution in [3.63, 3.8) is 0 Å². The van der Waals surface area contributed by atoms with Gasteiger partial charge in [-0.2, -0.15) is 10.2 Å². The van der Waals surface area contributed by atoms with Crippen LogP contribution in [0.3, 0.4) is 0 Å². The van der Waals surface area contributed by atoms with Gasteiger partial charge in [0.2, 0.25) is 5.91 Å². The van der Waals surface area contributed by atoms with Crippen molar-refractivity contribution < 1.29 is 9.53 Å². The number of nitrogens with one attached hydrogen (secondary N) is 1. The molecule has 0 bridgehead atoms. The minimum absolute atomic E-state index is 0.232. The molecule has 0 atom stereocenters. The van der Waals surface area contributed by atoms with Gasteiger partial charge in [-0.25, -0.2) is 4.68 Å². The Hall–Kier alpha value is -3.35. The number of ether oxygens (including phenoxy) is 1. The lowest BCUT2D eigenvalue weighted by Crippen LogP contribution is -2.08. The first-order valence-corrected chi connectivity index (χ1v) is 8.34. The highest BCUT2D eigenvalue weighted by molar-refractivity contribution is 6.01. The molecule has 26 heavy (non-hydrogen) atoms. The van der Waals surface area contributed by atoms with Crippen LogP contribution in [0.2, 0.25) is 0 Å². The fourth-order valence-corrected chi connectivity index (χ4v) is 2.34. The van der Waals surface area contributed by atoms with E-state index in [2.05, 4.69) is 22.4 Å². The average Bonchev–Trinajstić information content (AvgIpc) is 3.27. The van der Waals surface area contributed by atoms with Gasteiger partial charge in [0.25, 0.3) is 0 Å². The van der Waals surface area contributed by atoms with E-state index < -0.39 is 0 Å². The summed E-state index contributed by atoms with van der Waals surface area (Å²) in [5.41, 5.74) is 2.73. The lowest BCUT2D eigenvalue weighted by atomic mass is 10.2. The predicted octanol–water partition coefficient (Wildman–Crippen LogP) is 2.87. The number of carbonyl (C=O) groups excluding carboxylic acids is 1. The summed E-state index contributed by atoms with van der Waals surface area (Å²) >= 11 is 0. The van der Waals surface area contributed by atoms with Crippen LogP contribution in [0.1, 0.15) is 18.1 Å². The van der Waals surface area contributed by atoms with Crippen LogP contribution in [-0.4, -0.2) is 25.5 Å². The number of carbonyl (C=O) groups is 1. The Morgan fingerprint density at radius 3 is 2.69 bits per heavy atom. The van der Waals surface area contributed by atoms with Crippen molar-refractivity contribution >= 4 is 17.7 Å². The molecule has 2 aromatic heterocycles. The Kier molecular flexibility index (Phi) is 5.48. The highest BCUT2D eigenvalue weighted by Crippen LogP contribution is 2.13. The maximum atomic E-state index is 11.9. The highest BCUT2D eigenvalue weighted by Gasteiger charge is 2.03. The Morgan fingerprint density at radius 2 is 2.00 bits per heavy atom. The Labute approximate surface area is 151 Å². The second kappa shape index (κ2) is 8.15. The molecule has 0 aliphatic heterocycles. The Balaban J connectivity index is 1.50. The summed E-state index contributed by atoms with van der Waals surface area (Å²) in [5, 5.41) is 11.0. The van der Waals surface area contributed by atoms with Crippen LogP contribution >= 0.6 is 0 Å². The monoisotopic (exact) mass is 351 g/mol. The van der Waals surface area contributed by atoms with Gasteiger partial charge < -0.3 is 10.1 Å². The van der Waals surface area contributed by atoms with E-state index in [1.807, 2.05) is 37.5 Å². The first-order chi connectivity index (χ1) is 12.6. The predicted molar refractivity (Wildman–Crippen MR) is 99.5 cm³/mol. The summed E-state index contributed by atoms with van der Waals surface area (Å²) in [6.45, 7) is 2.38. The summed E-state index contributed by atoms with van der Waals surface area (Å²) in [7, 11) is 1.83. The van der Waals surface area contributed by atoms with Crippen molar-refractivity contribution in [2.24, 2.45) is 7.05 Å². The molecule has 0 aliphatic rings. The maximum absolute atomic E-state index is 11.9. The molecule has 7 nitrogen and oxygen atoms in total.